The topological polar surface area (TPSA) is 39.2 Å². The number of hydrogen-bond donors (Lipinski definition) is 0. The van der Waals surface area contributed by atoms with Crippen molar-refractivity contribution in [3.63, 3.8) is 0 Å². The lowest BCUT2D eigenvalue weighted by molar-refractivity contribution is -0.275. The van der Waals surface area contributed by atoms with Gasteiger partial charge in [0.2, 0.25) is 0 Å². The normalized spacial score (nSPS) is 11.4. The molecule has 0 bridgehead atoms. The molecule has 3 nitrogen and oxygen atoms in total. The van der Waals surface area contributed by atoms with Gasteiger partial charge in [-0.2, -0.15) is 0 Å². The zero-order valence-electron chi connectivity index (χ0n) is 7.73. The highest BCUT2D eigenvalue weighted by Crippen LogP contribution is 2.30. The van der Waals surface area contributed by atoms with Crippen LogP contribution in [0.5, 0.6) is 5.75 Å². The van der Waals surface area contributed by atoms with Crippen LogP contribution in [0.2, 0.25) is 0 Å². The molecule has 1 rings (SSSR count). The van der Waals surface area contributed by atoms with E-state index in [1.165, 1.54) is 29.5 Å². The number of halogens is 5. The molecule has 0 spiro atoms. The Morgan fingerprint density at radius 1 is 1.56 bits per heavy atom. The minimum absolute atomic E-state index is 0.0690. The number of aromatic nitrogens is 1. The second-order valence-electron chi connectivity index (χ2n) is 2.75. The van der Waals surface area contributed by atoms with Gasteiger partial charge in [-0.3, -0.25) is 4.79 Å². The molecule has 0 aliphatic carbocycles. The predicted octanol–water partition coefficient (Wildman–Crippen LogP) is 3.27. The van der Waals surface area contributed by atoms with Crippen LogP contribution < -0.4 is 4.74 Å². The van der Waals surface area contributed by atoms with Crippen molar-refractivity contribution in [3.8, 4) is 5.75 Å². The highest BCUT2D eigenvalue weighted by atomic mass is 127. The first-order valence-electron chi connectivity index (χ1n) is 3.83. The molecule has 8 heteroatoms. The Morgan fingerprint density at radius 3 is 2.56 bits per heavy atom. The van der Waals surface area contributed by atoms with Gasteiger partial charge in [-0.05, 0) is 41.1 Å². The standard InChI is InChI=1S/C8H4ClF3INO2/c1-3-2-4(16-8(10,11)12)5(13)6(14-3)7(9)15/h2H,1H3. The monoisotopic (exact) mass is 365 g/mol. The summed E-state index contributed by atoms with van der Waals surface area (Å²) < 4.78 is 39.7. The Morgan fingerprint density at radius 2 is 2.12 bits per heavy atom. The lowest BCUT2D eigenvalue weighted by atomic mass is 10.3. The number of nitrogens with zero attached hydrogens (tertiary/aromatic N) is 1. The van der Waals surface area contributed by atoms with Crippen LogP contribution >= 0.6 is 34.2 Å². The van der Waals surface area contributed by atoms with Gasteiger partial charge in [0.05, 0.1) is 3.57 Å². The molecule has 0 atom stereocenters. The van der Waals surface area contributed by atoms with Crippen molar-refractivity contribution >= 4 is 39.4 Å². The molecule has 0 unspecified atom stereocenters. The summed E-state index contributed by atoms with van der Waals surface area (Å²) in [7, 11) is 0. The van der Waals surface area contributed by atoms with Gasteiger partial charge in [-0.1, -0.05) is 0 Å². The van der Waals surface area contributed by atoms with E-state index in [2.05, 4.69) is 9.72 Å². The van der Waals surface area contributed by atoms with Crippen molar-refractivity contribution in [2.45, 2.75) is 13.3 Å². The largest absolute Gasteiger partial charge is 0.573 e. The fourth-order valence-electron chi connectivity index (χ4n) is 0.957. The molecule has 0 saturated carbocycles. The van der Waals surface area contributed by atoms with Crippen molar-refractivity contribution < 1.29 is 22.7 Å². The number of carbonyl (C=O) groups is 1. The zero-order valence-corrected chi connectivity index (χ0v) is 10.6. The molecule has 0 aliphatic rings. The van der Waals surface area contributed by atoms with E-state index in [4.69, 9.17) is 11.6 Å². The number of rotatable bonds is 2. The Balaban J connectivity index is 3.25. The second-order valence-corrected chi connectivity index (χ2v) is 4.17. The van der Waals surface area contributed by atoms with Crippen LogP contribution in [0.3, 0.4) is 0 Å². The maximum absolute atomic E-state index is 12.0. The predicted molar refractivity (Wildman–Crippen MR) is 58.6 cm³/mol. The molecule has 0 amide bonds. The molecule has 0 saturated heterocycles. The van der Waals surface area contributed by atoms with Gasteiger partial charge in [0.1, 0.15) is 11.4 Å². The molecular weight excluding hydrogens is 361 g/mol. The molecule has 0 fully saturated rings. The average Bonchev–Trinajstić information content (AvgIpc) is 2.07. The first-order chi connectivity index (χ1) is 7.20. The minimum Gasteiger partial charge on any atom is -0.405 e. The summed E-state index contributed by atoms with van der Waals surface area (Å²) in [5.41, 5.74) is -0.0369. The van der Waals surface area contributed by atoms with Crippen LogP contribution in [0.1, 0.15) is 16.2 Å². The molecule has 88 valence electrons. The van der Waals surface area contributed by atoms with Crippen molar-refractivity contribution in [1.82, 2.24) is 4.98 Å². The maximum atomic E-state index is 12.0. The van der Waals surface area contributed by atoms with E-state index in [1.54, 1.807) is 0 Å². The smallest absolute Gasteiger partial charge is 0.405 e. The average molecular weight is 365 g/mol. The third-order valence-corrected chi connectivity index (χ3v) is 2.69. The summed E-state index contributed by atoms with van der Waals surface area (Å²) in [6.45, 7) is 1.43. The van der Waals surface area contributed by atoms with Gasteiger partial charge in [-0.15, -0.1) is 13.2 Å². The number of pyridine rings is 1. The summed E-state index contributed by atoms with van der Waals surface area (Å²) in [6, 6.07) is 1.08. The van der Waals surface area contributed by atoms with E-state index >= 15 is 0 Å². The quantitative estimate of drug-likeness (QED) is 0.596. The van der Waals surface area contributed by atoms with Crippen molar-refractivity contribution in [1.29, 1.82) is 0 Å². The van der Waals surface area contributed by atoms with Crippen molar-refractivity contribution in [2.75, 3.05) is 0 Å². The summed E-state index contributed by atoms with van der Waals surface area (Å²) in [6.07, 6.45) is -4.82. The van der Waals surface area contributed by atoms with E-state index < -0.39 is 17.4 Å². The summed E-state index contributed by atoms with van der Waals surface area (Å²) in [5, 5.41) is -0.930. The Labute approximate surface area is 107 Å². The molecule has 1 aromatic heterocycles. The van der Waals surface area contributed by atoms with Crippen LogP contribution in [0.25, 0.3) is 0 Å². The van der Waals surface area contributed by atoms with Gasteiger partial charge < -0.3 is 4.74 Å². The van der Waals surface area contributed by atoms with E-state index in [1.807, 2.05) is 0 Å². The third kappa shape index (κ3) is 3.48. The Hall–Kier alpha value is -0.570. The van der Waals surface area contributed by atoms with E-state index in [-0.39, 0.29) is 15.0 Å². The van der Waals surface area contributed by atoms with E-state index in [9.17, 15) is 18.0 Å². The van der Waals surface area contributed by atoms with E-state index in [0.29, 0.717) is 0 Å². The van der Waals surface area contributed by atoms with Crippen LogP contribution in [-0.4, -0.2) is 16.6 Å². The van der Waals surface area contributed by atoms with Crippen molar-refractivity contribution in [2.24, 2.45) is 0 Å². The highest BCUT2D eigenvalue weighted by Gasteiger charge is 2.33. The molecule has 0 aliphatic heterocycles. The van der Waals surface area contributed by atoms with Gasteiger partial charge in [-0.25, -0.2) is 4.98 Å². The fraction of sp³-hybridized carbons (Fsp3) is 0.250. The van der Waals surface area contributed by atoms with Crippen LogP contribution in [-0.2, 0) is 0 Å². The fourth-order valence-corrected chi connectivity index (χ4v) is 1.88. The number of alkyl halides is 3. The van der Waals surface area contributed by atoms with E-state index in [0.717, 1.165) is 6.07 Å². The molecule has 1 aromatic rings. The molecule has 0 N–H and O–H groups in total. The molecule has 0 radical (unpaired) electrons. The van der Waals surface area contributed by atoms with Crippen molar-refractivity contribution in [3.05, 3.63) is 21.0 Å². The Bertz CT molecular complexity index is 436. The SMILES string of the molecule is Cc1cc(OC(F)(F)F)c(I)c(C(=O)Cl)n1. The second kappa shape index (κ2) is 4.74. The lowest BCUT2D eigenvalue weighted by Gasteiger charge is -2.12. The Kier molecular flexibility index (Phi) is 4.00. The number of aryl methyl sites for hydroxylation is 1. The van der Waals surface area contributed by atoms with Crippen LogP contribution in [0.15, 0.2) is 6.07 Å². The number of hydrogen-bond acceptors (Lipinski definition) is 3. The molecular formula is C8H4ClF3INO2. The summed E-state index contributed by atoms with van der Waals surface area (Å²) in [5.74, 6) is -0.482. The van der Waals surface area contributed by atoms with Crippen LogP contribution in [0, 0.1) is 10.5 Å². The zero-order chi connectivity index (χ0) is 12.5. The summed E-state index contributed by atoms with van der Waals surface area (Å²) >= 11 is 6.70. The van der Waals surface area contributed by atoms with Gasteiger partial charge in [0.25, 0.3) is 5.24 Å². The highest BCUT2D eigenvalue weighted by molar-refractivity contribution is 14.1. The first-order valence-corrected chi connectivity index (χ1v) is 5.29. The van der Waals surface area contributed by atoms with Gasteiger partial charge in [0, 0.05) is 11.8 Å². The molecule has 1 heterocycles. The van der Waals surface area contributed by atoms with Gasteiger partial charge >= 0.3 is 6.36 Å². The third-order valence-electron chi connectivity index (χ3n) is 1.46. The lowest BCUT2D eigenvalue weighted by Crippen LogP contribution is -2.19. The number of ether oxygens (including phenoxy) is 1. The molecule has 0 aromatic carbocycles. The van der Waals surface area contributed by atoms with Gasteiger partial charge in [0.15, 0.2) is 0 Å². The first kappa shape index (κ1) is 13.5. The number of carbonyl (C=O) groups excluding carboxylic acids is 1. The maximum Gasteiger partial charge on any atom is 0.573 e. The van der Waals surface area contributed by atoms with Crippen LogP contribution in [0.4, 0.5) is 13.2 Å². The molecule has 16 heavy (non-hydrogen) atoms. The minimum atomic E-state index is -4.82. The summed E-state index contributed by atoms with van der Waals surface area (Å²) in [4.78, 5) is 14.6.